The van der Waals surface area contributed by atoms with Gasteiger partial charge in [-0.3, -0.25) is 4.79 Å². The van der Waals surface area contributed by atoms with Crippen molar-refractivity contribution in [2.45, 2.75) is 0 Å². The van der Waals surface area contributed by atoms with E-state index >= 15 is 0 Å². The molecule has 0 spiro atoms. The van der Waals surface area contributed by atoms with Crippen LogP contribution in [0.2, 0.25) is 0 Å². The van der Waals surface area contributed by atoms with Crippen molar-refractivity contribution in [3.8, 4) is 5.75 Å². The van der Waals surface area contributed by atoms with E-state index in [-0.39, 0.29) is 12.5 Å². The van der Waals surface area contributed by atoms with E-state index in [2.05, 4.69) is 33.1 Å². The zero-order chi connectivity index (χ0) is 18.1. The number of nitrogens with zero attached hydrogens (tertiary/aromatic N) is 2. The highest BCUT2D eigenvalue weighted by Crippen LogP contribution is 2.13. The summed E-state index contributed by atoms with van der Waals surface area (Å²) in [4.78, 5) is 13.7. The third kappa shape index (κ3) is 6.96. The van der Waals surface area contributed by atoms with Gasteiger partial charge in [0.15, 0.2) is 6.61 Å². The molecule has 0 bridgehead atoms. The van der Waals surface area contributed by atoms with E-state index in [0.717, 1.165) is 14.8 Å². The van der Waals surface area contributed by atoms with Crippen LogP contribution in [0.25, 0.3) is 6.08 Å². The van der Waals surface area contributed by atoms with Gasteiger partial charge >= 0.3 is 0 Å². The Kier molecular flexibility index (Phi) is 7.46. The fourth-order valence-corrected chi connectivity index (χ4v) is 2.26. The molecule has 0 aromatic heterocycles. The number of nitrogens with one attached hydrogen (secondary N) is 1. The standard InChI is InChI=1S/C19H20IN3O2/c1-23(2)17-9-5-15(6-10-17)4-3-13-21-22-19(24)14-25-18-11-7-16(20)8-12-18/h3-13H,14H2,1-2H3,(H,22,24)/b4-3+,21-13-. The third-order valence-corrected chi connectivity index (χ3v) is 3.95. The maximum atomic E-state index is 11.6. The topological polar surface area (TPSA) is 53.9 Å². The lowest BCUT2D eigenvalue weighted by Crippen LogP contribution is -2.24. The van der Waals surface area contributed by atoms with Crippen LogP contribution in [0.15, 0.2) is 59.7 Å². The summed E-state index contributed by atoms with van der Waals surface area (Å²) in [5.74, 6) is 0.346. The average molecular weight is 449 g/mol. The molecule has 1 amide bonds. The van der Waals surface area contributed by atoms with Gasteiger partial charge < -0.3 is 9.64 Å². The van der Waals surface area contributed by atoms with Crippen molar-refractivity contribution < 1.29 is 9.53 Å². The molecule has 0 aliphatic heterocycles. The SMILES string of the molecule is CN(C)c1ccc(/C=C/C=N\NC(=O)COc2ccc(I)cc2)cc1. The van der Waals surface area contributed by atoms with Gasteiger partial charge in [-0.2, -0.15) is 5.10 Å². The van der Waals surface area contributed by atoms with Gasteiger partial charge in [-0.25, -0.2) is 5.43 Å². The van der Waals surface area contributed by atoms with Crippen LogP contribution in [0.5, 0.6) is 5.75 Å². The molecule has 0 saturated carbocycles. The minimum atomic E-state index is -0.307. The fraction of sp³-hybridized carbons (Fsp3) is 0.158. The molecule has 25 heavy (non-hydrogen) atoms. The summed E-state index contributed by atoms with van der Waals surface area (Å²) < 4.78 is 6.48. The van der Waals surface area contributed by atoms with E-state index in [0.29, 0.717) is 5.75 Å². The molecular formula is C19H20IN3O2. The van der Waals surface area contributed by atoms with E-state index in [1.807, 2.05) is 73.6 Å². The summed E-state index contributed by atoms with van der Waals surface area (Å²) in [7, 11) is 4.00. The number of hydrazone groups is 1. The Labute approximate surface area is 161 Å². The first kappa shape index (κ1) is 19.0. The molecule has 0 atom stereocenters. The van der Waals surface area contributed by atoms with E-state index in [4.69, 9.17) is 4.74 Å². The van der Waals surface area contributed by atoms with Crippen molar-refractivity contribution in [3.63, 3.8) is 0 Å². The van der Waals surface area contributed by atoms with Crippen LogP contribution in [-0.4, -0.2) is 32.8 Å². The number of anilines is 1. The molecule has 130 valence electrons. The van der Waals surface area contributed by atoms with E-state index in [1.54, 1.807) is 6.08 Å². The zero-order valence-corrected chi connectivity index (χ0v) is 16.3. The van der Waals surface area contributed by atoms with Crippen molar-refractivity contribution in [1.29, 1.82) is 0 Å². The summed E-state index contributed by atoms with van der Waals surface area (Å²) in [5, 5.41) is 3.86. The van der Waals surface area contributed by atoms with Crippen LogP contribution in [0.1, 0.15) is 5.56 Å². The number of carbonyl (C=O) groups excluding carboxylic acids is 1. The highest BCUT2D eigenvalue weighted by Gasteiger charge is 2.00. The number of hydrogen-bond acceptors (Lipinski definition) is 4. The molecule has 0 unspecified atom stereocenters. The largest absolute Gasteiger partial charge is 0.484 e. The van der Waals surface area contributed by atoms with Crippen LogP contribution in [0.3, 0.4) is 0 Å². The monoisotopic (exact) mass is 449 g/mol. The van der Waals surface area contributed by atoms with Gasteiger partial charge in [0.05, 0.1) is 0 Å². The number of rotatable bonds is 7. The van der Waals surface area contributed by atoms with Gasteiger partial charge in [-0.05, 0) is 70.6 Å². The normalized spacial score (nSPS) is 11.0. The Morgan fingerprint density at radius 3 is 2.48 bits per heavy atom. The Bertz CT molecular complexity index is 738. The maximum absolute atomic E-state index is 11.6. The lowest BCUT2D eigenvalue weighted by Gasteiger charge is -2.11. The van der Waals surface area contributed by atoms with Crippen molar-refractivity contribution >= 4 is 46.5 Å². The number of amides is 1. The van der Waals surface area contributed by atoms with Crippen molar-refractivity contribution in [2.24, 2.45) is 5.10 Å². The average Bonchev–Trinajstić information content (AvgIpc) is 2.61. The van der Waals surface area contributed by atoms with Crippen molar-refractivity contribution in [3.05, 3.63) is 63.7 Å². The Balaban J connectivity index is 1.72. The van der Waals surface area contributed by atoms with Gasteiger partial charge in [0, 0.05) is 29.6 Å². The Morgan fingerprint density at radius 1 is 1.16 bits per heavy atom. The molecule has 1 N–H and O–H groups in total. The molecule has 2 aromatic rings. The van der Waals surface area contributed by atoms with Gasteiger partial charge in [-0.15, -0.1) is 0 Å². The molecule has 2 aromatic carbocycles. The number of halogens is 1. The second-order valence-electron chi connectivity index (χ2n) is 5.40. The molecule has 0 radical (unpaired) electrons. The van der Waals surface area contributed by atoms with Crippen molar-refractivity contribution in [1.82, 2.24) is 5.43 Å². The van der Waals surface area contributed by atoms with Crippen LogP contribution in [-0.2, 0) is 4.79 Å². The lowest BCUT2D eigenvalue weighted by atomic mass is 10.2. The fourth-order valence-electron chi connectivity index (χ4n) is 1.90. The van der Waals surface area contributed by atoms with Gasteiger partial charge in [-0.1, -0.05) is 18.2 Å². The summed E-state index contributed by atoms with van der Waals surface area (Å²) in [6.07, 6.45) is 5.21. The predicted molar refractivity (Wildman–Crippen MR) is 111 cm³/mol. The Hall–Kier alpha value is -2.35. The molecule has 0 saturated heterocycles. The zero-order valence-electron chi connectivity index (χ0n) is 14.1. The highest BCUT2D eigenvalue weighted by atomic mass is 127. The first-order valence-corrected chi connectivity index (χ1v) is 8.77. The minimum absolute atomic E-state index is 0.0757. The summed E-state index contributed by atoms with van der Waals surface area (Å²) in [6.45, 7) is -0.0757. The molecule has 2 rings (SSSR count). The van der Waals surface area contributed by atoms with Crippen LogP contribution in [0.4, 0.5) is 5.69 Å². The molecule has 6 heteroatoms. The maximum Gasteiger partial charge on any atom is 0.277 e. The molecule has 0 aliphatic rings. The predicted octanol–water partition coefficient (Wildman–Crippen LogP) is 3.55. The third-order valence-electron chi connectivity index (χ3n) is 3.23. The second-order valence-corrected chi connectivity index (χ2v) is 6.65. The van der Waals surface area contributed by atoms with E-state index in [9.17, 15) is 4.79 Å². The summed E-state index contributed by atoms with van der Waals surface area (Å²) in [6, 6.07) is 15.6. The summed E-state index contributed by atoms with van der Waals surface area (Å²) >= 11 is 2.21. The minimum Gasteiger partial charge on any atom is -0.484 e. The molecule has 5 nitrogen and oxygen atoms in total. The molecular weight excluding hydrogens is 429 g/mol. The van der Waals surface area contributed by atoms with Crippen LogP contribution >= 0.6 is 22.6 Å². The van der Waals surface area contributed by atoms with Crippen molar-refractivity contribution in [2.75, 3.05) is 25.6 Å². The summed E-state index contributed by atoms with van der Waals surface area (Å²) in [5.41, 5.74) is 4.63. The number of hydrogen-bond donors (Lipinski definition) is 1. The van der Waals surface area contributed by atoms with Gasteiger partial charge in [0.1, 0.15) is 5.75 Å². The number of carbonyl (C=O) groups is 1. The molecule has 0 aliphatic carbocycles. The quantitative estimate of drug-likeness (QED) is 0.400. The second kappa shape index (κ2) is 9.83. The van der Waals surface area contributed by atoms with E-state index < -0.39 is 0 Å². The van der Waals surface area contributed by atoms with Crippen LogP contribution < -0.4 is 15.1 Å². The first-order chi connectivity index (χ1) is 12.0. The number of allylic oxidation sites excluding steroid dienone is 1. The lowest BCUT2D eigenvalue weighted by molar-refractivity contribution is -0.123. The van der Waals surface area contributed by atoms with Crippen LogP contribution in [0, 0.1) is 3.57 Å². The number of ether oxygens (including phenoxy) is 1. The van der Waals surface area contributed by atoms with E-state index in [1.165, 1.54) is 6.21 Å². The van der Waals surface area contributed by atoms with Gasteiger partial charge in [0.2, 0.25) is 0 Å². The van der Waals surface area contributed by atoms with Gasteiger partial charge in [0.25, 0.3) is 5.91 Å². The molecule has 0 fully saturated rings. The first-order valence-electron chi connectivity index (χ1n) is 7.69. The smallest absolute Gasteiger partial charge is 0.277 e. The molecule has 0 heterocycles. The number of benzene rings is 2. The Morgan fingerprint density at radius 2 is 1.84 bits per heavy atom. The highest BCUT2D eigenvalue weighted by molar-refractivity contribution is 14.1.